The number of hydrogen-bond acceptors (Lipinski definition) is 2. The summed E-state index contributed by atoms with van der Waals surface area (Å²) in [5, 5.41) is 10.5. The van der Waals surface area contributed by atoms with Crippen molar-refractivity contribution in [3.8, 4) is 0 Å². The number of hydrogen-bond donors (Lipinski definition) is 1. The van der Waals surface area contributed by atoms with Crippen LogP contribution in [0.5, 0.6) is 0 Å². The molecule has 4 heteroatoms. The van der Waals surface area contributed by atoms with E-state index in [9.17, 15) is 13.9 Å². The van der Waals surface area contributed by atoms with Gasteiger partial charge in [-0.2, -0.15) is 0 Å². The first-order chi connectivity index (χ1) is 9.57. The molecule has 2 nitrogen and oxygen atoms in total. The summed E-state index contributed by atoms with van der Waals surface area (Å²) in [6.45, 7) is 0. The zero-order chi connectivity index (χ0) is 14.6. The lowest BCUT2D eigenvalue weighted by Crippen LogP contribution is -2.45. The van der Waals surface area contributed by atoms with E-state index in [2.05, 4.69) is 0 Å². The highest BCUT2D eigenvalue weighted by Crippen LogP contribution is 2.34. The van der Waals surface area contributed by atoms with E-state index in [1.807, 2.05) is 0 Å². The van der Waals surface area contributed by atoms with Gasteiger partial charge < -0.3 is 9.84 Å². The summed E-state index contributed by atoms with van der Waals surface area (Å²) in [4.78, 5) is 0. The number of ether oxygens (including phenoxy) is 1. The van der Waals surface area contributed by atoms with Crippen molar-refractivity contribution in [2.24, 2.45) is 0 Å². The highest BCUT2D eigenvalue weighted by Gasteiger charge is 2.38. The Kier molecular flexibility index (Phi) is 5.11. The van der Waals surface area contributed by atoms with Gasteiger partial charge in [-0.25, -0.2) is 8.78 Å². The summed E-state index contributed by atoms with van der Waals surface area (Å²) in [6, 6.07) is 3.77. The van der Waals surface area contributed by atoms with Crippen molar-refractivity contribution in [1.82, 2.24) is 0 Å². The highest BCUT2D eigenvalue weighted by atomic mass is 19.2. The van der Waals surface area contributed by atoms with E-state index in [0.29, 0.717) is 5.56 Å². The van der Waals surface area contributed by atoms with Crippen molar-refractivity contribution in [2.45, 2.75) is 56.7 Å². The molecule has 1 aromatic rings. The number of halogens is 2. The van der Waals surface area contributed by atoms with Gasteiger partial charge in [-0.3, -0.25) is 0 Å². The fourth-order valence-corrected chi connectivity index (χ4v) is 3.08. The quantitative estimate of drug-likeness (QED) is 0.856. The van der Waals surface area contributed by atoms with Crippen LogP contribution in [0.25, 0.3) is 0 Å². The Morgan fingerprint density at radius 2 is 1.80 bits per heavy atom. The van der Waals surface area contributed by atoms with Crippen LogP contribution in [0, 0.1) is 11.6 Å². The summed E-state index contributed by atoms with van der Waals surface area (Å²) in [6.07, 6.45) is 5.58. The number of methoxy groups -OCH3 is 1. The minimum Gasteiger partial charge on any atom is -0.390 e. The van der Waals surface area contributed by atoms with Gasteiger partial charge in [0, 0.05) is 13.5 Å². The molecule has 1 N–H and O–H groups in total. The van der Waals surface area contributed by atoms with Gasteiger partial charge in [0.05, 0.1) is 11.7 Å². The molecule has 0 spiro atoms. The fraction of sp³-hybridized carbons (Fsp3) is 0.625. The van der Waals surface area contributed by atoms with Crippen molar-refractivity contribution in [2.75, 3.05) is 7.11 Å². The number of aliphatic hydroxyl groups is 1. The highest BCUT2D eigenvalue weighted by molar-refractivity contribution is 5.19. The molecular weight excluding hydrogens is 262 g/mol. The van der Waals surface area contributed by atoms with Crippen LogP contribution in [-0.2, 0) is 11.2 Å². The Bertz CT molecular complexity index is 440. The van der Waals surface area contributed by atoms with Crippen LogP contribution in [0.2, 0.25) is 0 Å². The molecule has 1 aliphatic rings. The van der Waals surface area contributed by atoms with Crippen LogP contribution >= 0.6 is 0 Å². The van der Waals surface area contributed by atoms with Crippen LogP contribution in [0.15, 0.2) is 18.2 Å². The number of aliphatic hydroxyl groups excluding tert-OH is 1. The molecule has 1 aromatic carbocycles. The van der Waals surface area contributed by atoms with Gasteiger partial charge in [0.1, 0.15) is 0 Å². The Labute approximate surface area is 118 Å². The fourth-order valence-electron chi connectivity index (χ4n) is 3.08. The first kappa shape index (κ1) is 15.4. The average molecular weight is 284 g/mol. The standard InChI is InChI=1S/C16H22F2O2/c1-20-16(8-4-2-3-5-9-16)15(19)11-12-6-7-13(17)14(18)10-12/h6-7,10,15,19H,2-5,8-9,11H2,1H3. The Hall–Kier alpha value is -1.00. The van der Waals surface area contributed by atoms with Crippen molar-refractivity contribution in [3.05, 3.63) is 35.4 Å². The predicted molar refractivity (Wildman–Crippen MR) is 73.5 cm³/mol. The second kappa shape index (κ2) is 6.64. The molecule has 0 bridgehead atoms. The lowest BCUT2D eigenvalue weighted by atomic mass is 9.85. The van der Waals surface area contributed by atoms with Gasteiger partial charge >= 0.3 is 0 Å². The number of benzene rings is 1. The van der Waals surface area contributed by atoms with Gasteiger partial charge in [0.15, 0.2) is 11.6 Å². The lowest BCUT2D eigenvalue weighted by Gasteiger charge is -2.36. The molecule has 1 fully saturated rings. The maximum absolute atomic E-state index is 13.2. The molecule has 1 atom stereocenters. The molecule has 1 aliphatic carbocycles. The Morgan fingerprint density at radius 3 is 2.35 bits per heavy atom. The minimum atomic E-state index is -0.873. The summed E-state index contributed by atoms with van der Waals surface area (Å²) in [5.41, 5.74) is 0.0403. The van der Waals surface area contributed by atoms with Crippen molar-refractivity contribution in [3.63, 3.8) is 0 Å². The zero-order valence-corrected chi connectivity index (χ0v) is 11.9. The summed E-state index contributed by atoms with van der Waals surface area (Å²) in [7, 11) is 1.62. The summed E-state index contributed by atoms with van der Waals surface area (Å²) in [5.74, 6) is -1.74. The van der Waals surface area contributed by atoms with Gasteiger partial charge in [0.2, 0.25) is 0 Å². The van der Waals surface area contributed by atoms with E-state index in [-0.39, 0.29) is 6.42 Å². The predicted octanol–water partition coefficient (Wildman–Crippen LogP) is 3.61. The third-order valence-corrected chi connectivity index (χ3v) is 4.38. The Balaban J connectivity index is 2.11. The zero-order valence-electron chi connectivity index (χ0n) is 11.9. The maximum atomic E-state index is 13.2. The van der Waals surface area contributed by atoms with Crippen LogP contribution in [-0.4, -0.2) is 23.9 Å². The molecule has 1 saturated carbocycles. The van der Waals surface area contributed by atoms with Crippen LogP contribution in [0.1, 0.15) is 44.1 Å². The van der Waals surface area contributed by atoms with Crippen molar-refractivity contribution < 1.29 is 18.6 Å². The molecule has 2 rings (SSSR count). The second-order valence-electron chi connectivity index (χ2n) is 5.65. The molecule has 0 radical (unpaired) electrons. The maximum Gasteiger partial charge on any atom is 0.159 e. The normalized spacial score (nSPS) is 20.4. The SMILES string of the molecule is COC1(C(O)Cc2ccc(F)c(F)c2)CCCCCC1. The molecule has 0 aliphatic heterocycles. The van der Waals surface area contributed by atoms with Gasteiger partial charge in [-0.1, -0.05) is 31.7 Å². The molecule has 0 amide bonds. The van der Waals surface area contributed by atoms with Crippen molar-refractivity contribution >= 4 is 0 Å². The smallest absolute Gasteiger partial charge is 0.159 e. The number of rotatable bonds is 4. The van der Waals surface area contributed by atoms with E-state index in [1.165, 1.54) is 6.07 Å². The topological polar surface area (TPSA) is 29.5 Å². The van der Waals surface area contributed by atoms with Gasteiger partial charge in [-0.05, 0) is 30.5 Å². The van der Waals surface area contributed by atoms with E-state index in [1.54, 1.807) is 7.11 Å². The third-order valence-electron chi connectivity index (χ3n) is 4.38. The van der Waals surface area contributed by atoms with E-state index in [4.69, 9.17) is 4.74 Å². The van der Waals surface area contributed by atoms with Crippen LogP contribution in [0.3, 0.4) is 0 Å². The Morgan fingerprint density at radius 1 is 1.15 bits per heavy atom. The lowest BCUT2D eigenvalue weighted by molar-refractivity contribution is -0.111. The minimum absolute atomic E-state index is 0.283. The monoisotopic (exact) mass is 284 g/mol. The summed E-state index contributed by atoms with van der Waals surface area (Å²) < 4.78 is 31.8. The third kappa shape index (κ3) is 3.36. The first-order valence-electron chi connectivity index (χ1n) is 7.24. The molecule has 0 saturated heterocycles. The van der Waals surface area contributed by atoms with Gasteiger partial charge in [0.25, 0.3) is 0 Å². The van der Waals surface area contributed by atoms with Crippen LogP contribution in [0.4, 0.5) is 8.78 Å². The van der Waals surface area contributed by atoms with E-state index >= 15 is 0 Å². The average Bonchev–Trinajstić information content (AvgIpc) is 2.69. The van der Waals surface area contributed by atoms with E-state index < -0.39 is 23.3 Å². The van der Waals surface area contributed by atoms with E-state index in [0.717, 1.165) is 50.7 Å². The molecule has 1 unspecified atom stereocenters. The van der Waals surface area contributed by atoms with Crippen molar-refractivity contribution in [1.29, 1.82) is 0 Å². The molecule has 0 heterocycles. The molecule has 0 aromatic heterocycles. The first-order valence-corrected chi connectivity index (χ1v) is 7.24. The largest absolute Gasteiger partial charge is 0.390 e. The molecular formula is C16H22F2O2. The molecule has 20 heavy (non-hydrogen) atoms. The summed E-state index contributed by atoms with van der Waals surface area (Å²) >= 11 is 0. The second-order valence-corrected chi connectivity index (χ2v) is 5.65. The van der Waals surface area contributed by atoms with Gasteiger partial charge in [-0.15, -0.1) is 0 Å². The van der Waals surface area contributed by atoms with Crippen LogP contribution < -0.4 is 0 Å². The molecule has 112 valence electrons.